The fraction of sp³-hybridized carbons (Fsp3) is 0.471. The fourth-order valence-corrected chi connectivity index (χ4v) is 5.94. The summed E-state index contributed by atoms with van der Waals surface area (Å²) >= 11 is 0. The Bertz CT molecular complexity index is 1820. The molecule has 3 aromatic rings. The average Bonchev–Trinajstić information content (AvgIpc) is 3.27. The summed E-state index contributed by atoms with van der Waals surface area (Å²) in [6.07, 6.45) is 4.69. The molecule has 9 nitrogen and oxygen atoms in total. The molecule has 0 aliphatic carbocycles. The van der Waals surface area contributed by atoms with Crippen molar-refractivity contribution in [1.29, 1.82) is 0 Å². The second kappa shape index (κ2) is 14.7. The van der Waals surface area contributed by atoms with Crippen LogP contribution in [0.4, 0.5) is 26.3 Å². The van der Waals surface area contributed by atoms with Gasteiger partial charge in [0, 0.05) is 23.7 Å². The number of rotatable bonds is 3. The topological polar surface area (TPSA) is 110 Å². The van der Waals surface area contributed by atoms with Crippen molar-refractivity contribution in [2.24, 2.45) is 0 Å². The first-order valence-corrected chi connectivity index (χ1v) is 17.6. The first-order chi connectivity index (χ1) is 23.8. The lowest BCUT2D eigenvalue weighted by atomic mass is 9.77. The predicted octanol–water partition coefficient (Wildman–Crippen LogP) is 6.69. The molecular formula is C34H37BF6O9S. The smallest absolute Gasteiger partial charge is 0.505 e. The Labute approximate surface area is 292 Å². The van der Waals surface area contributed by atoms with Gasteiger partial charge in [0.15, 0.2) is 23.1 Å². The number of ether oxygens (including phenoxy) is 3. The van der Waals surface area contributed by atoms with E-state index in [0.29, 0.717) is 55.2 Å². The normalized spacial score (nSPS) is 18.5. The zero-order valence-electron chi connectivity index (χ0n) is 28.3. The Morgan fingerprint density at radius 2 is 1.12 bits per heavy atom. The van der Waals surface area contributed by atoms with Gasteiger partial charge in [-0.2, -0.15) is 21.6 Å². The van der Waals surface area contributed by atoms with Crippen LogP contribution in [0.5, 0.6) is 28.7 Å². The molecule has 0 atom stereocenters. The minimum Gasteiger partial charge on any atom is -0.505 e. The molecule has 4 heterocycles. The van der Waals surface area contributed by atoms with Crippen molar-refractivity contribution in [2.75, 3.05) is 19.8 Å². The molecule has 7 rings (SSSR count). The van der Waals surface area contributed by atoms with Crippen LogP contribution in [0.1, 0.15) is 63.6 Å². The van der Waals surface area contributed by atoms with Gasteiger partial charge in [-0.3, -0.25) is 0 Å². The molecule has 0 spiro atoms. The molecule has 0 unspecified atom stereocenters. The van der Waals surface area contributed by atoms with E-state index in [9.17, 15) is 34.8 Å². The van der Waals surface area contributed by atoms with Gasteiger partial charge in [-0.1, -0.05) is 6.07 Å². The second-order valence-electron chi connectivity index (χ2n) is 13.2. The van der Waals surface area contributed by atoms with E-state index in [1.807, 2.05) is 33.8 Å². The van der Waals surface area contributed by atoms with E-state index >= 15 is 0 Å². The number of aryl methyl sites for hydroxylation is 3. The van der Waals surface area contributed by atoms with Crippen LogP contribution in [0, 0.1) is 17.5 Å². The monoisotopic (exact) mass is 746 g/mol. The van der Waals surface area contributed by atoms with Crippen LogP contribution >= 0.6 is 0 Å². The van der Waals surface area contributed by atoms with E-state index in [2.05, 4.69) is 4.18 Å². The van der Waals surface area contributed by atoms with Gasteiger partial charge in [0.05, 0.1) is 31.0 Å². The summed E-state index contributed by atoms with van der Waals surface area (Å²) in [5.74, 6) is -2.06. The standard InChI is InChI=1S/C15H20BFO3.C10H8F4O4S.C9H9FO2/c1-14(2)15(3,4)20-16(19-14)11-8-10-6-5-7-18-13(10)9-12(11)17;11-7-5-8-6(2-1-3-17-8)4-9(7)18-19(15,16)10(12,13)14;10-7-5-9-6(4-8(7)11)2-1-3-12-9/h8-9H,5-7H2,1-4H3;4-5H,1-3H2;4-5,11H,1-3H2. The largest absolute Gasteiger partial charge is 0.534 e. The predicted molar refractivity (Wildman–Crippen MR) is 174 cm³/mol. The molecule has 278 valence electrons. The minimum absolute atomic E-state index is 0.181. The van der Waals surface area contributed by atoms with E-state index in [4.69, 9.17) is 28.6 Å². The van der Waals surface area contributed by atoms with E-state index in [-0.39, 0.29) is 17.3 Å². The average molecular weight is 747 g/mol. The molecule has 1 saturated heterocycles. The first kappa shape index (κ1) is 38.4. The molecule has 51 heavy (non-hydrogen) atoms. The molecule has 0 aromatic heterocycles. The molecule has 0 radical (unpaired) electrons. The Balaban J connectivity index is 0.000000153. The number of benzene rings is 3. The fourth-order valence-electron chi connectivity index (χ4n) is 5.49. The maximum Gasteiger partial charge on any atom is 0.534 e. The SMILES string of the molecule is CC1(C)OB(c2cc3c(cc2F)OCCC3)OC1(C)C.O=S(=O)(Oc1cc2c(cc1F)OCCC2)C(F)(F)F.Oc1cc2c(cc1F)OCCC2. The van der Waals surface area contributed by atoms with Crippen LogP contribution in [-0.4, -0.2) is 57.2 Å². The highest BCUT2D eigenvalue weighted by atomic mass is 32.2. The highest BCUT2D eigenvalue weighted by Crippen LogP contribution is 2.38. The van der Waals surface area contributed by atoms with Crippen LogP contribution in [0.25, 0.3) is 0 Å². The maximum absolute atomic E-state index is 14.3. The van der Waals surface area contributed by atoms with E-state index < -0.39 is 51.3 Å². The second-order valence-corrected chi connectivity index (χ2v) is 14.7. The van der Waals surface area contributed by atoms with Gasteiger partial charge in [-0.05, 0) is 95.0 Å². The van der Waals surface area contributed by atoms with E-state index in [1.54, 1.807) is 0 Å². The van der Waals surface area contributed by atoms with Gasteiger partial charge >= 0.3 is 22.7 Å². The lowest BCUT2D eigenvalue weighted by molar-refractivity contribution is -0.0501. The van der Waals surface area contributed by atoms with Crippen LogP contribution in [-0.2, 0) is 38.7 Å². The van der Waals surface area contributed by atoms with Crippen LogP contribution in [0.3, 0.4) is 0 Å². The molecule has 0 bridgehead atoms. The molecule has 4 aliphatic heterocycles. The highest BCUT2D eigenvalue weighted by Gasteiger charge is 2.52. The number of fused-ring (bicyclic) bond motifs is 3. The summed E-state index contributed by atoms with van der Waals surface area (Å²) in [5.41, 5.74) is -3.74. The molecular weight excluding hydrogens is 709 g/mol. The molecule has 1 fully saturated rings. The highest BCUT2D eigenvalue weighted by molar-refractivity contribution is 7.88. The molecule has 4 aliphatic rings. The molecule has 0 saturated carbocycles. The molecule has 3 aromatic carbocycles. The minimum atomic E-state index is -5.88. The van der Waals surface area contributed by atoms with Crippen LogP contribution in [0.15, 0.2) is 36.4 Å². The summed E-state index contributed by atoms with van der Waals surface area (Å²) in [6.45, 7) is 9.52. The maximum atomic E-state index is 14.3. The number of phenols is 1. The van der Waals surface area contributed by atoms with Gasteiger partial charge in [0.2, 0.25) is 0 Å². The van der Waals surface area contributed by atoms with Gasteiger partial charge in [-0.25, -0.2) is 13.2 Å². The lowest BCUT2D eigenvalue weighted by Crippen LogP contribution is -2.41. The van der Waals surface area contributed by atoms with Crippen molar-refractivity contribution in [3.05, 3.63) is 70.5 Å². The number of aromatic hydroxyl groups is 1. The van der Waals surface area contributed by atoms with Gasteiger partial charge in [-0.15, -0.1) is 0 Å². The third-order valence-corrected chi connectivity index (χ3v) is 9.92. The van der Waals surface area contributed by atoms with Crippen molar-refractivity contribution >= 4 is 22.7 Å². The Morgan fingerprint density at radius 3 is 1.61 bits per heavy atom. The third kappa shape index (κ3) is 8.63. The van der Waals surface area contributed by atoms with Crippen molar-refractivity contribution in [2.45, 2.75) is 82.9 Å². The number of alkyl halides is 3. The Hall–Kier alpha value is -3.83. The first-order valence-electron chi connectivity index (χ1n) is 16.2. The number of hydrogen-bond acceptors (Lipinski definition) is 9. The quantitative estimate of drug-likeness (QED) is 0.136. The Morgan fingerprint density at radius 1 is 0.686 bits per heavy atom. The van der Waals surface area contributed by atoms with Crippen LogP contribution in [0.2, 0.25) is 0 Å². The summed E-state index contributed by atoms with van der Waals surface area (Å²) in [5, 5.41) is 9.04. The van der Waals surface area contributed by atoms with E-state index in [1.165, 1.54) is 18.2 Å². The number of halogens is 6. The zero-order chi connectivity index (χ0) is 37.4. The third-order valence-electron chi connectivity index (χ3n) is 8.96. The molecule has 0 amide bonds. The Kier molecular flexibility index (Phi) is 11.0. The molecule has 1 N–H and O–H groups in total. The van der Waals surface area contributed by atoms with E-state index in [0.717, 1.165) is 48.9 Å². The lowest BCUT2D eigenvalue weighted by Gasteiger charge is -2.32. The van der Waals surface area contributed by atoms with Gasteiger partial charge in [0.1, 0.15) is 23.1 Å². The number of phenolic OH excluding ortho intramolecular Hbond substituents is 1. The van der Waals surface area contributed by atoms with Gasteiger partial charge < -0.3 is 32.8 Å². The van der Waals surface area contributed by atoms with Crippen molar-refractivity contribution in [1.82, 2.24) is 0 Å². The summed E-state index contributed by atoms with van der Waals surface area (Å²) in [6, 6.07) is 7.68. The summed E-state index contributed by atoms with van der Waals surface area (Å²) < 4.78 is 130. The van der Waals surface area contributed by atoms with Crippen molar-refractivity contribution in [3.8, 4) is 28.7 Å². The van der Waals surface area contributed by atoms with Crippen molar-refractivity contribution < 1.29 is 67.6 Å². The number of hydrogen-bond donors (Lipinski definition) is 1. The summed E-state index contributed by atoms with van der Waals surface area (Å²) in [7, 11) is -6.54. The zero-order valence-corrected chi connectivity index (χ0v) is 29.1. The summed E-state index contributed by atoms with van der Waals surface area (Å²) in [4.78, 5) is 0. The van der Waals surface area contributed by atoms with Gasteiger partial charge in [0.25, 0.3) is 0 Å². The van der Waals surface area contributed by atoms with Crippen molar-refractivity contribution in [3.63, 3.8) is 0 Å². The van der Waals surface area contributed by atoms with Crippen LogP contribution < -0.4 is 23.9 Å². The molecule has 17 heteroatoms.